The molecule has 0 saturated carbocycles. The van der Waals surface area contributed by atoms with E-state index in [-0.39, 0.29) is 11.6 Å². The first-order valence-electron chi connectivity index (χ1n) is 4.53. The third kappa shape index (κ3) is 5.52. The summed E-state index contributed by atoms with van der Waals surface area (Å²) in [5.41, 5.74) is 5.53. The average molecular weight is 174 g/mol. The topological polar surface area (TPSA) is 58.3 Å². The summed E-state index contributed by atoms with van der Waals surface area (Å²) in [7, 11) is 0. The average Bonchev–Trinajstić information content (AvgIpc) is 1.84. The molecule has 0 radical (unpaired) electrons. The van der Waals surface area contributed by atoms with Gasteiger partial charge in [-0.25, -0.2) is 0 Å². The molecule has 0 rings (SSSR count). The molecule has 0 aliphatic heterocycles. The summed E-state index contributed by atoms with van der Waals surface area (Å²) in [6, 6.07) is 0.309. The number of rotatable bonds is 5. The van der Waals surface area contributed by atoms with Crippen LogP contribution in [0.5, 0.6) is 0 Å². The second kappa shape index (κ2) is 4.80. The standard InChI is InChI=1S/C9H22N2O/c1-7(5-8(2)12)11-9(3,4)6-10/h7-8,11-12H,5-6,10H2,1-4H3. The summed E-state index contributed by atoms with van der Waals surface area (Å²) in [5.74, 6) is 0. The summed E-state index contributed by atoms with van der Waals surface area (Å²) in [5, 5.41) is 12.5. The molecule has 0 bridgehead atoms. The van der Waals surface area contributed by atoms with Gasteiger partial charge in [0.1, 0.15) is 0 Å². The van der Waals surface area contributed by atoms with Crippen molar-refractivity contribution in [2.75, 3.05) is 6.54 Å². The third-order valence-electron chi connectivity index (χ3n) is 1.84. The van der Waals surface area contributed by atoms with Crippen LogP contribution in [0.2, 0.25) is 0 Å². The minimum absolute atomic E-state index is 0.0334. The highest BCUT2D eigenvalue weighted by molar-refractivity contribution is 4.81. The van der Waals surface area contributed by atoms with Crippen LogP contribution in [-0.4, -0.2) is 29.3 Å². The van der Waals surface area contributed by atoms with Crippen LogP contribution in [-0.2, 0) is 0 Å². The molecule has 0 heterocycles. The predicted octanol–water partition coefficient (Wildman–Crippen LogP) is 0.473. The Balaban J connectivity index is 3.75. The largest absolute Gasteiger partial charge is 0.393 e. The molecule has 0 aliphatic rings. The smallest absolute Gasteiger partial charge is 0.0526 e. The number of hydrogen-bond donors (Lipinski definition) is 3. The van der Waals surface area contributed by atoms with Crippen LogP contribution in [0.3, 0.4) is 0 Å². The van der Waals surface area contributed by atoms with Gasteiger partial charge in [0.2, 0.25) is 0 Å². The van der Waals surface area contributed by atoms with Crippen molar-refractivity contribution in [1.29, 1.82) is 0 Å². The van der Waals surface area contributed by atoms with E-state index in [4.69, 9.17) is 10.8 Å². The van der Waals surface area contributed by atoms with Crippen LogP contribution < -0.4 is 11.1 Å². The van der Waals surface area contributed by atoms with E-state index in [0.29, 0.717) is 12.6 Å². The molecular weight excluding hydrogens is 152 g/mol. The normalized spacial score (nSPS) is 17.5. The van der Waals surface area contributed by atoms with E-state index in [9.17, 15) is 0 Å². The van der Waals surface area contributed by atoms with Crippen molar-refractivity contribution in [2.45, 2.75) is 51.8 Å². The maximum Gasteiger partial charge on any atom is 0.0526 e. The Hall–Kier alpha value is -0.120. The highest BCUT2D eigenvalue weighted by Crippen LogP contribution is 2.04. The highest BCUT2D eigenvalue weighted by atomic mass is 16.3. The fraction of sp³-hybridized carbons (Fsp3) is 1.00. The number of nitrogens with two attached hydrogens (primary N) is 1. The molecule has 0 fully saturated rings. The van der Waals surface area contributed by atoms with Crippen LogP contribution in [0.4, 0.5) is 0 Å². The van der Waals surface area contributed by atoms with Crippen molar-refractivity contribution in [1.82, 2.24) is 5.32 Å². The number of hydrogen-bond acceptors (Lipinski definition) is 3. The maximum absolute atomic E-state index is 9.12. The fourth-order valence-corrected chi connectivity index (χ4v) is 1.30. The van der Waals surface area contributed by atoms with Crippen molar-refractivity contribution in [3.63, 3.8) is 0 Å². The summed E-state index contributed by atoms with van der Waals surface area (Å²) in [6.07, 6.45) is 0.518. The molecule has 0 saturated heterocycles. The Morgan fingerprint density at radius 2 is 1.92 bits per heavy atom. The third-order valence-corrected chi connectivity index (χ3v) is 1.84. The Bertz CT molecular complexity index is 124. The van der Waals surface area contributed by atoms with Gasteiger partial charge in [-0.1, -0.05) is 0 Å². The van der Waals surface area contributed by atoms with E-state index in [1.807, 2.05) is 0 Å². The van der Waals surface area contributed by atoms with Crippen LogP contribution in [0.15, 0.2) is 0 Å². The van der Waals surface area contributed by atoms with Crippen molar-refractivity contribution >= 4 is 0 Å². The molecule has 0 amide bonds. The zero-order valence-electron chi connectivity index (χ0n) is 8.59. The number of aliphatic hydroxyl groups is 1. The van der Waals surface area contributed by atoms with Gasteiger partial charge in [0.05, 0.1) is 6.10 Å². The molecule has 0 aromatic carbocycles. The second-order valence-electron chi connectivity index (χ2n) is 4.22. The molecule has 0 aliphatic carbocycles. The maximum atomic E-state index is 9.12. The lowest BCUT2D eigenvalue weighted by Crippen LogP contribution is -2.50. The lowest BCUT2D eigenvalue weighted by Gasteiger charge is -2.29. The molecule has 4 N–H and O–H groups in total. The minimum atomic E-state index is -0.249. The number of aliphatic hydroxyl groups excluding tert-OH is 1. The van der Waals surface area contributed by atoms with Crippen LogP contribution >= 0.6 is 0 Å². The van der Waals surface area contributed by atoms with Crippen LogP contribution in [0, 0.1) is 0 Å². The first-order chi connectivity index (χ1) is 5.37. The van der Waals surface area contributed by atoms with Gasteiger partial charge in [-0.3, -0.25) is 0 Å². The van der Waals surface area contributed by atoms with Gasteiger partial charge >= 0.3 is 0 Å². The SMILES string of the molecule is CC(O)CC(C)NC(C)(C)CN. The highest BCUT2D eigenvalue weighted by Gasteiger charge is 2.18. The second-order valence-corrected chi connectivity index (χ2v) is 4.22. The molecule has 0 spiro atoms. The van der Waals surface area contributed by atoms with E-state index in [1.165, 1.54) is 0 Å². The minimum Gasteiger partial charge on any atom is -0.393 e. The Kier molecular flexibility index (Phi) is 4.75. The van der Waals surface area contributed by atoms with Gasteiger partial charge in [0.15, 0.2) is 0 Å². The first-order valence-corrected chi connectivity index (χ1v) is 4.53. The van der Waals surface area contributed by atoms with Gasteiger partial charge in [0, 0.05) is 18.1 Å². The lowest BCUT2D eigenvalue weighted by molar-refractivity contribution is 0.163. The predicted molar refractivity (Wildman–Crippen MR) is 52.0 cm³/mol. The van der Waals surface area contributed by atoms with Crippen molar-refractivity contribution in [3.8, 4) is 0 Å². The molecule has 2 unspecified atom stereocenters. The van der Waals surface area contributed by atoms with Crippen LogP contribution in [0.1, 0.15) is 34.1 Å². The first kappa shape index (κ1) is 11.9. The zero-order valence-corrected chi connectivity index (χ0v) is 8.59. The van der Waals surface area contributed by atoms with Gasteiger partial charge < -0.3 is 16.2 Å². The van der Waals surface area contributed by atoms with E-state index >= 15 is 0 Å². The zero-order chi connectivity index (χ0) is 9.78. The molecule has 2 atom stereocenters. The van der Waals surface area contributed by atoms with Gasteiger partial charge in [-0.05, 0) is 34.1 Å². The molecular formula is C9H22N2O. The summed E-state index contributed by atoms with van der Waals surface area (Å²) in [6.45, 7) is 8.59. The van der Waals surface area contributed by atoms with E-state index in [1.54, 1.807) is 6.92 Å². The van der Waals surface area contributed by atoms with E-state index < -0.39 is 0 Å². The van der Waals surface area contributed by atoms with Gasteiger partial charge in [-0.2, -0.15) is 0 Å². The lowest BCUT2D eigenvalue weighted by atomic mass is 10.0. The molecule has 3 heteroatoms. The van der Waals surface area contributed by atoms with Crippen molar-refractivity contribution in [3.05, 3.63) is 0 Å². The van der Waals surface area contributed by atoms with E-state index in [0.717, 1.165) is 6.42 Å². The van der Waals surface area contributed by atoms with Crippen LogP contribution in [0.25, 0.3) is 0 Å². The quantitative estimate of drug-likeness (QED) is 0.568. The fourth-order valence-electron chi connectivity index (χ4n) is 1.30. The Morgan fingerprint density at radius 3 is 2.25 bits per heavy atom. The van der Waals surface area contributed by atoms with Crippen molar-refractivity contribution in [2.24, 2.45) is 5.73 Å². The molecule has 3 nitrogen and oxygen atoms in total. The molecule has 12 heavy (non-hydrogen) atoms. The van der Waals surface area contributed by atoms with Gasteiger partial charge in [-0.15, -0.1) is 0 Å². The van der Waals surface area contributed by atoms with E-state index in [2.05, 4.69) is 26.1 Å². The summed E-state index contributed by atoms with van der Waals surface area (Å²) < 4.78 is 0. The summed E-state index contributed by atoms with van der Waals surface area (Å²) >= 11 is 0. The Labute approximate surface area is 75.3 Å². The number of nitrogens with one attached hydrogen (secondary N) is 1. The monoisotopic (exact) mass is 174 g/mol. The molecule has 0 aromatic rings. The van der Waals surface area contributed by atoms with Crippen molar-refractivity contribution < 1.29 is 5.11 Å². The Morgan fingerprint density at radius 1 is 1.42 bits per heavy atom. The van der Waals surface area contributed by atoms with Gasteiger partial charge in [0.25, 0.3) is 0 Å². The molecule has 74 valence electrons. The molecule has 0 aromatic heterocycles. The summed E-state index contributed by atoms with van der Waals surface area (Å²) in [4.78, 5) is 0.